The third-order valence-corrected chi connectivity index (χ3v) is 5.96. The van der Waals surface area contributed by atoms with Gasteiger partial charge in [0.15, 0.2) is 0 Å². The second-order valence-corrected chi connectivity index (χ2v) is 7.81. The van der Waals surface area contributed by atoms with Gasteiger partial charge in [-0.2, -0.15) is 13.2 Å². The summed E-state index contributed by atoms with van der Waals surface area (Å²) in [6.07, 6.45) is -2.28. The monoisotopic (exact) mass is 382 g/mol. The minimum absolute atomic E-state index is 0.0339. The van der Waals surface area contributed by atoms with E-state index in [0.29, 0.717) is 50.9 Å². The number of carbonyl (C=O) groups is 2. The number of carbonyl (C=O) groups excluding carboxylic acids is 2. The van der Waals surface area contributed by atoms with E-state index in [1.807, 2.05) is 0 Å². The second kappa shape index (κ2) is 6.42. The molecule has 0 unspecified atom stereocenters. The van der Waals surface area contributed by atoms with Gasteiger partial charge in [0, 0.05) is 19.0 Å². The Morgan fingerprint density at radius 2 is 1.93 bits per heavy atom. The number of benzene rings is 1. The molecular formula is C19H21F3N2O3. The van der Waals surface area contributed by atoms with Crippen LogP contribution in [-0.4, -0.2) is 42.1 Å². The first-order chi connectivity index (χ1) is 12.8. The maximum Gasteiger partial charge on any atom is 0.416 e. The molecule has 0 bridgehead atoms. The summed E-state index contributed by atoms with van der Waals surface area (Å²) in [6.45, 7) is 1.41. The quantitative estimate of drug-likeness (QED) is 0.854. The van der Waals surface area contributed by atoms with Gasteiger partial charge in [-0.25, -0.2) is 4.79 Å². The topological polar surface area (TPSA) is 58.6 Å². The van der Waals surface area contributed by atoms with E-state index in [1.165, 1.54) is 12.1 Å². The van der Waals surface area contributed by atoms with Crippen molar-refractivity contribution in [3.05, 3.63) is 35.4 Å². The number of ether oxygens (including phenoxy) is 1. The number of nitrogens with zero attached hydrogens (tertiary/aromatic N) is 1. The van der Waals surface area contributed by atoms with Crippen LogP contribution >= 0.6 is 0 Å². The van der Waals surface area contributed by atoms with Gasteiger partial charge in [0.1, 0.15) is 6.61 Å². The molecule has 3 fully saturated rings. The molecule has 2 aliphatic heterocycles. The van der Waals surface area contributed by atoms with Crippen molar-refractivity contribution in [2.24, 2.45) is 5.92 Å². The van der Waals surface area contributed by atoms with Crippen molar-refractivity contribution in [3.8, 4) is 0 Å². The summed E-state index contributed by atoms with van der Waals surface area (Å²) in [7, 11) is 0. The Labute approximate surface area is 154 Å². The fourth-order valence-electron chi connectivity index (χ4n) is 4.43. The van der Waals surface area contributed by atoms with Gasteiger partial charge in [-0.1, -0.05) is 18.2 Å². The van der Waals surface area contributed by atoms with E-state index in [1.54, 1.807) is 11.0 Å². The van der Waals surface area contributed by atoms with Crippen molar-refractivity contribution in [2.45, 2.75) is 43.3 Å². The lowest BCUT2D eigenvalue weighted by atomic mass is 9.68. The van der Waals surface area contributed by atoms with Crippen LogP contribution in [0, 0.1) is 5.92 Å². The fraction of sp³-hybridized carbons (Fsp3) is 0.579. The normalized spacial score (nSPS) is 28.6. The number of nitrogens with one attached hydrogen (secondary N) is 1. The molecule has 1 N–H and O–H groups in total. The molecule has 2 saturated heterocycles. The Morgan fingerprint density at radius 1 is 1.22 bits per heavy atom. The lowest BCUT2D eigenvalue weighted by Crippen LogP contribution is -2.58. The average Bonchev–Trinajstić information content (AvgIpc) is 3.02. The number of likely N-dealkylation sites (tertiary alicyclic amines) is 1. The molecule has 3 aliphatic rings. The zero-order chi connectivity index (χ0) is 19.2. The third kappa shape index (κ3) is 3.49. The number of cyclic esters (lactones) is 1. The second-order valence-electron chi connectivity index (χ2n) is 7.81. The first kappa shape index (κ1) is 18.1. The van der Waals surface area contributed by atoms with Crippen molar-refractivity contribution in [3.63, 3.8) is 0 Å². The van der Waals surface area contributed by atoms with Crippen LogP contribution in [0.5, 0.6) is 0 Å². The largest absolute Gasteiger partial charge is 0.447 e. The van der Waals surface area contributed by atoms with Gasteiger partial charge in [0.05, 0.1) is 11.1 Å². The van der Waals surface area contributed by atoms with Crippen LogP contribution < -0.4 is 5.32 Å². The Balaban J connectivity index is 1.32. The highest BCUT2D eigenvalue weighted by molar-refractivity contribution is 5.81. The number of hydrogen-bond acceptors (Lipinski definition) is 3. The zero-order valence-electron chi connectivity index (χ0n) is 14.7. The molecule has 0 radical (unpaired) electrons. The molecule has 1 aliphatic carbocycles. The van der Waals surface area contributed by atoms with Crippen LogP contribution in [0.1, 0.15) is 42.7 Å². The van der Waals surface area contributed by atoms with Gasteiger partial charge in [-0.15, -0.1) is 0 Å². The van der Waals surface area contributed by atoms with Crippen LogP contribution in [0.15, 0.2) is 24.3 Å². The van der Waals surface area contributed by atoms with Gasteiger partial charge in [-0.3, -0.25) is 4.79 Å². The smallest absolute Gasteiger partial charge is 0.416 e. The Bertz CT molecular complexity index is 751. The van der Waals surface area contributed by atoms with Gasteiger partial charge in [0.25, 0.3) is 0 Å². The molecule has 5 nitrogen and oxygen atoms in total. The molecule has 8 heteroatoms. The maximum atomic E-state index is 12.9. The van der Waals surface area contributed by atoms with Gasteiger partial charge < -0.3 is 15.0 Å². The molecule has 1 spiro atoms. The molecule has 4 rings (SSSR count). The number of halogens is 3. The summed E-state index contributed by atoms with van der Waals surface area (Å²) in [6, 6.07) is 5.48. The van der Waals surface area contributed by atoms with E-state index in [9.17, 15) is 22.8 Å². The van der Waals surface area contributed by atoms with Gasteiger partial charge in [-0.05, 0) is 43.2 Å². The van der Waals surface area contributed by atoms with Crippen molar-refractivity contribution >= 4 is 12.0 Å². The molecule has 0 aromatic heterocycles. The van der Waals surface area contributed by atoms with E-state index in [0.717, 1.165) is 6.07 Å². The van der Waals surface area contributed by atoms with E-state index in [4.69, 9.17) is 4.74 Å². The molecule has 1 aromatic carbocycles. The third-order valence-electron chi connectivity index (χ3n) is 5.96. The van der Waals surface area contributed by atoms with Crippen LogP contribution in [0.2, 0.25) is 0 Å². The molecule has 27 heavy (non-hydrogen) atoms. The van der Waals surface area contributed by atoms with Crippen molar-refractivity contribution in [2.75, 3.05) is 19.7 Å². The van der Waals surface area contributed by atoms with E-state index in [-0.39, 0.29) is 23.3 Å². The van der Waals surface area contributed by atoms with Crippen LogP contribution in [0.3, 0.4) is 0 Å². The molecule has 2 amide bonds. The number of alkyl halides is 3. The molecule has 1 aromatic rings. The lowest BCUT2D eigenvalue weighted by Gasteiger charge is -2.45. The summed E-state index contributed by atoms with van der Waals surface area (Å²) in [4.78, 5) is 25.6. The van der Waals surface area contributed by atoms with Crippen LogP contribution in [0.25, 0.3) is 0 Å². The highest BCUT2D eigenvalue weighted by Crippen LogP contribution is 2.42. The highest BCUT2D eigenvalue weighted by Gasteiger charge is 2.53. The van der Waals surface area contributed by atoms with E-state index < -0.39 is 17.8 Å². The molecule has 2 heterocycles. The van der Waals surface area contributed by atoms with Crippen molar-refractivity contribution < 1.29 is 27.5 Å². The predicted octanol–water partition coefficient (Wildman–Crippen LogP) is 3.30. The van der Waals surface area contributed by atoms with Crippen molar-refractivity contribution in [1.29, 1.82) is 0 Å². The fourth-order valence-corrected chi connectivity index (χ4v) is 4.43. The molecular weight excluding hydrogens is 361 g/mol. The van der Waals surface area contributed by atoms with E-state index >= 15 is 0 Å². The first-order valence-corrected chi connectivity index (χ1v) is 9.17. The Kier molecular flexibility index (Phi) is 4.31. The maximum absolute atomic E-state index is 12.9. The SMILES string of the molecule is O=C1N[C@]2(CO1)C[C@H](C(=O)N1CCC(c3cccc(C(F)(F)F)c3)CC1)C2. The minimum atomic E-state index is -4.34. The van der Waals surface area contributed by atoms with Crippen molar-refractivity contribution in [1.82, 2.24) is 10.2 Å². The highest BCUT2D eigenvalue weighted by atomic mass is 19.4. The van der Waals surface area contributed by atoms with E-state index in [2.05, 4.69) is 5.32 Å². The zero-order valence-corrected chi connectivity index (χ0v) is 14.7. The van der Waals surface area contributed by atoms with Crippen LogP contribution in [0.4, 0.5) is 18.0 Å². The summed E-state index contributed by atoms with van der Waals surface area (Å²) in [5, 5.41) is 2.78. The summed E-state index contributed by atoms with van der Waals surface area (Å²) < 4.78 is 43.6. The first-order valence-electron chi connectivity index (χ1n) is 9.17. The summed E-state index contributed by atoms with van der Waals surface area (Å²) in [5.74, 6) is -0.00650. The number of amides is 2. The number of alkyl carbamates (subject to hydrolysis) is 1. The minimum Gasteiger partial charge on any atom is -0.447 e. The number of piperidine rings is 1. The Morgan fingerprint density at radius 3 is 2.52 bits per heavy atom. The Hall–Kier alpha value is -2.25. The standard InChI is InChI=1S/C19H21F3N2O3/c20-19(21,22)15-3-1-2-13(8-15)12-4-6-24(7-5-12)16(25)14-9-18(10-14)11-27-17(26)23-18/h1-3,8,12,14H,4-7,9-11H2,(H,23,26)/t14-,18+. The summed E-state index contributed by atoms with van der Waals surface area (Å²) >= 11 is 0. The van der Waals surface area contributed by atoms with Gasteiger partial charge in [0.2, 0.25) is 5.91 Å². The molecule has 1 saturated carbocycles. The predicted molar refractivity (Wildman–Crippen MR) is 89.9 cm³/mol. The van der Waals surface area contributed by atoms with Crippen LogP contribution in [-0.2, 0) is 15.7 Å². The molecule has 146 valence electrons. The summed E-state index contributed by atoms with van der Waals surface area (Å²) in [5.41, 5.74) is -0.322. The van der Waals surface area contributed by atoms with Gasteiger partial charge >= 0.3 is 12.3 Å². The number of rotatable bonds is 2. The lowest BCUT2D eigenvalue weighted by molar-refractivity contribution is -0.142. The molecule has 0 atom stereocenters. The number of hydrogen-bond donors (Lipinski definition) is 1. The average molecular weight is 382 g/mol.